The molecule has 1 aromatic carbocycles. The van der Waals surface area contributed by atoms with Crippen LogP contribution in [0.5, 0.6) is 0 Å². The number of sulfonamides is 1. The first-order valence-electron chi connectivity index (χ1n) is 6.30. The predicted octanol–water partition coefficient (Wildman–Crippen LogP) is 1.92. The molecule has 0 aliphatic rings. The summed E-state index contributed by atoms with van der Waals surface area (Å²) < 4.78 is 40.5. The van der Waals surface area contributed by atoms with Crippen molar-refractivity contribution in [1.29, 1.82) is 0 Å². The lowest BCUT2D eigenvalue weighted by molar-refractivity contribution is 0.526. The molecule has 0 aliphatic carbocycles. The molecule has 4 nitrogen and oxygen atoms in total. The van der Waals surface area contributed by atoms with E-state index in [1.54, 1.807) is 0 Å². The summed E-state index contributed by atoms with van der Waals surface area (Å²) in [4.78, 5) is -0.0312. The van der Waals surface area contributed by atoms with Crippen molar-refractivity contribution in [2.24, 2.45) is 11.7 Å². The number of hydrogen-bond acceptors (Lipinski definition) is 3. The highest BCUT2D eigenvalue weighted by Crippen LogP contribution is 2.20. The summed E-state index contributed by atoms with van der Waals surface area (Å²) in [6.45, 7) is 5.83. The van der Waals surface area contributed by atoms with E-state index >= 15 is 0 Å². The highest BCUT2D eigenvalue weighted by atomic mass is 32.2. The highest BCUT2D eigenvalue weighted by Gasteiger charge is 2.20. The predicted molar refractivity (Wildman–Crippen MR) is 73.7 cm³/mol. The van der Waals surface area contributed by atoms with Crippen molar-refractivity contribution < 1.29 is 12.8 Å². The topological polar surface area (TPSA) is 72.2 Å². The SMILES string of the molecule is CCC(C)CNS(=O)(=O)c1cc(CN)cc(F)c1C. The Kier molecular flexibility index (Phi) is 5.46. The van der Waals surface area contributed by atoms with Gasteiger partial charge in [0.2, 0.25) is 10.0 Å². The number of rotatable bonds is 6. The van der Waals surface area contributed by atoms with Gasteiger partial charge in [-0.2, -0.15) is 0 Å². The van der Waals surface area contributed by atoms with Crippen molar-refractivity contribution >= 4 is 10.0 Å². The van der Waals surface area contributed by atoms with E-state index < -0.39 is 15.8 Å². The molecule has 1 rings (SSSR count). The first-order valence-corrected chi connectivity index (χ1v) is 7.78. The zero-order valence-electron chi connectivity index (χ0n) is 11.5. The van der Waals surface area contributed by atoms with Crippen LogP contribution < -0.4 is 10.5 Å². The van der Waals surface area contributed by atoms with Gasteiger partial charge in [0.25, 0.3) is 0 Å². The molecular formula is C13H21FN2O2S. The fourth-order valence-electron chi connectivity index (χ4n) is 1.58. The largest absolute Gasteiger partial charge is 0.326 e. The van der Waals surface area contributed by atoms with Crippen LogP contribution in [0.25, 0.3) is 0 Å². The van der Waals surface area contributed by atoms with E-state index in [-0.39, 0.29) is 22.9 Å². The third-order valence-corrected chi connectivity index (χ3v) is 4.75. The number of nitrogens with two attached hydrogens (primary N) is 1. The van der Waals surface area contributed by atoms with Gasteiger partial charge in [0, 0.05) is 18.7 Å². The average Bonchev–Trinajstić information content (AvgIpc) is 2.38. The lowest BCUT2D eigenvalue weighted by Gasteiger charge is -2.14. The van der Waals surface area contributed by atoms with Crippen LogP contribution in [0.15, 0.2) is 17.0 Å². The molecule has 0 spiro atoms. The Hall–Kier alpha value is -0.980. The van der Waals surface area contributed by atoms with Gasteiger partial charge in [-0.1, -0.05) is 20.3 Å². The minimum atomic E-state index is -3.70. The molecule has 0 aromatic heterocycles. The lowest BCUT2D eigenvalue weighted by Crippen LogP contribution is -2.29. The average molecular weight is 288 g/mol. The fourth-order valence-corrected chi connectivity index (χ4v) is 3.04. The smallest absolute Gasteiger partial charge is 0.240 e. The number of nitrogens with one attached hydrogen (secondary N) is 1. The Morgan fingerprint density at radius 2 is 2.05 bits per heavy atom. The zero-order valence-corrected chi connectivity index (χ0v) is 12.3. The van der Waals surface area contributed by atoms with Crippen molar-refractivity contribution in [2.45, 2.75) is 38.6 Å². The van der Waals surface area contributed by atoms with Crippen molar-refractivity contribution in [2.75, 3.05) is 6.54 Å². The van der Waals surface area contributed by atoms with Gasteiger partial charge in [-0.3, -0.25) is 0 Å². The van der Waals surface area contributed by atoms with Gasteiger partial charge in [0.05, 0.1) is 4.90 Å². The molecule has 3 N–H and O–H groups in total. The Balaban J connectivity index is 3.10. The van der Waals surface area contributed by atoms with Crippen LogP contribution in [0.2, 0.25) is 0 Å². The van der Waals surface area contributed by atoms with Crippen molar-refractivity contribution in [1.82, 2.24) is 4.72 Å². The molecule has 1 aromatic rings. The Morgan fingerprint density at radius 1 is 1.42 bits per heavy atom. The molecule has 0 saturated carbocycles. The standard InChI is InChI=1S/C13H21FN2O2S/c1-4-9(2)8-16-19(17,18)13-6-11(7-15)5-12(14)10(13)3/h5-6,9,16H,4,7-8,15H2,1-3H3. The normalized spacial score (nSPS) is 13.5. The number of hydrogen-bond donors (Lipinski definition) is 2. The van der Waals surface area contributed by atoms with Crippen LogP contribution in [0.3, 0.4) is 0 Å². The van der Waals surface area contributed by atoms with Gasteiger partial charge in [0.15, 0.2) is 0 Å². The Morgan fingerprint density at radius 3 is 2.58 bits per heavy atom. The minimum Gasteiger partial charge on any atom is -0.326 e. The van der Waals surface area contributed by atoms with Crippen LogP contribution in [0, 0.1) is 18.7 Å². The molecule has 6 heteroatoms. The maximum absolute atomic E-state index is 13.7. The van der Waals surface area contributed by atoms with E-state index in [4.69, 9.17) is 5.73 Å². The van der Waals surface area contributed by atoms with E-state index in [1.165, 1.54) is 19.1 Å². The molecule has 0 amide bonds. The van der Waals surface area contributed by atoms with Crippen LogP contribution in [-0.4, -0.2) is 15.0 Å². The monoisotopic (exact) mass is 288 g/mol. The van der Waals surface area contributed by atoms with Crippen LogP contribution in [0.4, 0.5) is 4.39 Å². The lowest BCUT2D eigenvalue weighted by atomic mass is 10.1. The van der Waals surface area contributed by atoms with Gasteiger partial charge in [-0.25, -0.2) is 17.5 Å². The molecule has 1 atom stereocenters. The third kappa shape index (κ3) is 3.99. The highest BCUT2D eigenvalue weighted by molar-refractivity contribution is 7.89. The molecule has 0 bridgehead atoms. The quantitative estimate of drug-likeness (QED) is 0.840. The van der Waals surface area contributed by atoms with Crippen molar-refractivity contribution in [3.05, 3.63) is 29.1 Å². The van der Waals surface area contributed by atoms with Gasteiger partial charge < -0.3 is 5.73 Å². The van der Waals surface area contributed by atoms with E-state index in [2.05, 4.69) is 4.72 Å². The second-order valence-corrected chi connectivity index (χ2v) is 6.51. The second kappa shape index (κ2) is 6.45. The summed E-state index contributed by atoms with van der Waals surface area (Å²) >= 11 is 0. The maximum atomic E-state index is 13.7. The molecule has 19 heavy (non-hydrogen) atoms. The third-order valence-electron chi connectivity index (χ3n) is 3.20. The van der Waals surface area contributed by atoms with Crippen molar-refractivity contribution in [3.63, 3.8) is 0 Å². The number of halogens is 1. The van der Waals surface area contributed by atoms with Gasteiger partial charge in [0.1, 0.15) is 5.82 Å². The molecule has 0 aliphatic heterocycles. The summed E-state index contributed by atoms with van der Waals surface area (Å²) in [5, 5.41) is 0. The van der Waals surface area contributed by atoms with Gasteiger partial charge >= 0.3 is 0 Å². The first kappa shape index (κ1) is 16.1. The van der Waals surface area contributed by atoms with Crippen LogP contribution in [0.1, 0.15) is 31.4 Å². The number of benzene rings is 1. The van der Waals surface area contributed by atoms with Gasteiger partial charge in [-0.15, -0.1) is 0 Å². The van der Waals surface area contributed by atoms with E-state index in [0.29, 0.717) is 12.1 Å². The van der Waals surface area contributed by atoms with E-state index in [1.807, 2.05) is 13.8 Å². The summed E-state index contributed by atoms with van der Waals surface area (Å²) in [6, 6.07) is 2.69. The Bertz CT molecular complexity index is 544. The summed E-state index contributed by atoms with van der Waals surface area (Å²) in [7, 11) is -3.70. The molecule has 0 saturated heterocycles. The van der Waals surface area contributed by atoms with Crippen molar-refractivity contribution in [3.8, 4) is 0 Å². The summed E-state index contributed by atoms with van der Waals surface area (Å²) in [6.07, 6.45) is 0.874. The Labute approximate surface area is 114 Å². The molecule has 108 valence electrons. The molecule has 1 unspecified atom stereocenters. The van der Waals surface area contributed by atoms with E-state index in [0.717, 1.165) is 6.42 Å². The molecule has 0 radical (unpaired) electrons. The van der Waals surface area contributed by atoms with Crippen LogP contribution >= 0.6 is 0 Å². The summed E-state index contributed by atoms with van der Waals surface area (Å²) in [5.41, 5.74) is 6.03. The minimum absolute atomic E-state index is 0.0312. The summed E-state index contributed by atoms with van der Waals surface area (Å²) in [5.74, 6) is -0.315. The second-order valence-electron chi connectivity index (χ2n) is 4.77. The zero-order chi connectivity index (χ0) is 14.6. The molecule has 0 heterocycles. The molecule has 0 fully saturated rings. The van der Waals surface area contributed by atoms with Gasteiger partial charge in [-0.05, 0) is 30.5 Å². The van der Waals surface area contributed by atoms with Crippen LogP contribution in [-0.2, 0) is 16.6 Å². The fraction of sp³-hybridized carbons (Fsp3) is 0.538. The van der Waals surface area contributed by atoms with E-state index in [9.17, 15) is 12.8 Å². The molecular weight excluding hydrogens is 267 g/mol. The maximum Gasteiger partial charge on any atom is 0.240 e. The first-order chi connectivity index (χ1) is 8.81.